The number of benzene rings is 1. The van der Waals surface area contributed by atoms with Gasteiger partial charge in [0, 0.05) is 6.54 Å². The lowest BCUT2D eigenvalue weighted by Crippen LogP contribution is -2.42. The van der Waals surface area contributed by atoms with E-state index in [9.17, 15) is 9.59 Å². The topological polar surface area (TPSA) is 67.4 Å². The molecule has 0 bridgehead atoms. The highest BCUT2D eigenvalue weighted by atomic mass is 16.6. The van der Waals surface area contributed by atoms with Gasteiger partial charge in [-0.2, -0.15) is 0 Å². The molecule has 0 unspecified atom stereocenters. The number of ether oxygens (including phenoxy) is 1. The van der Waals surface area contributed by atoms with Crippen molar-refractivity contribution in [2.45, 2.75) is 46.3 Å². The molecule has 0 aliphatic rings. The molecule has 0 aliphatic heterocycles. The Hall–Kier alpha value is -2.04. The zero-order valence-corrected chi connectivity index (χ0v) is 14.0. The zero-order chi connectivity index (χ0) is 16.8. The summed E-state index contributed by atoms with van der Waals surface area (Å²) >= 11 is 0. The van der Waals surface area contributed by atoms with Crippen molar-refractivity contribution in [2.24, 2.45) is 5.92 Å². The van der Waals surface area contributed by atoms with Crippen LogP contribution in [-0.4, -0.2) is 24.1 Å². The van der Waals surface area contributed by atoms with Gasteiger partial charge in [0.05, 0.1) is 12.0 Å². The molecular formula is C17H26N2O3. The first-order valence-corrected chi connectivity index (χ1v) is 7.56. The predicted octanol–water partition coefficient (Wildman–Crippen LogP) is 3.02. The maximum absolute atomic E-state index is 12.1. The van der Waals surface area contributed by atoms with Crippen molar-refractivity contribution in [2.75, 3.05) is 6.54 Å². The van der Waals surface area contributed by atoms with Crippen molar-refractivity contribution in [3.05, 3.63) is 35.9 Å². The van der Waals surface area contributed by atoms with E-state index < -0.39 is 23.7 Å². The van der Waals surface area contributed by atoms with Crippen molar-refractivity contribution in [1.29, 1.82) is 0 Å². The normalized spacial score (nSPS) is 13.9. The van der Waals surface area contributed by atoms with Crippen LogP contribution in [-0.2, 0) is 9.53 Å². The van der Waals surface area contributed by atoms with Gasteiger partial charge >= 0.3 is 6.09 Å². The second kappa shape index (κ2) is 7.82. The fraction of sp³-hybridized carbons (Fsp3) is 0.529. The molecule has 1 rings (SSSR count). The van der Waals surface area contributed by atoms with E-state index in [1.54, 1.807) is 27.7 Å². The molecule has 122 valence electrons. The number of hydrogen-bond acceptors (Lipinski definition) is 3. The van der Waals surface area contributed by atoms with Gasteiger partial charge in [0.2, 0.25) is 5.91 Å². The van der Waals surface area contributed by atoms with E-state index in [0.29, 0.717) is 6.54 Å². The number of hydrogen-bond donors (Lipinski definition) is 2. The number of carbonyl (C=O) groups is 2. The second-order valence-electron chi connectivity index (χ2n) is 6.22. The average Bonchev–Trinajstić information content (AvgIpc) is 2.43. The van der Waals surface area contributed by atoms with Gasteiger partial charge in [-0.1, -0.05) is 37.3 Å². The zero-order valence-electron chi connectivity index (χ0n) is 14.0. The van der Waals surface area contributed by atoms with Crippen LogP contribution in [0.2, 0.25) is 0 Å². The molecular weight excluding hydrogens is 280 g/mol. The third-order valence-electron chi connectivity index (χ3n) is 3.10. The Balaban J connectivity index is 2.93. The van der Waals surface area contributed by atoms with Crippen molar-refractivity contribution in [3.8, 4) is 0 Å². The molecule has 0 saturated carbocycles. The molecule has 1 aromatic carbocycles. The average molecular weight is 306 g/mol. The van der Waals surface area contributed by atoms with E-state index in [1.807, 2.05) is 37.3 Å². The van der Waals surface area contributed by atoms with Crippen LogP contribution < -0.4 is 10.6 Å². The molecule has 2 atom stereocenters. The van der Waals surface area contributed by atoms with Crippen molar-refractivity contribution >= 4 is 12.0 Å². The van der Waals surface area contributed by atoms with Gasteiger partial charge in [-0.25, -0.2) is 4.79 Å². The van der Waals surface area contributed by atoms with Gasteiger partial charge in [0.25, 0.3) is 0 Å². The Labute approximate surface area is 132 Å². The van der Waals surface area contributed by atoms with Crippen molar-refractivity contribution in [3.63, 3.8) is 0 Å². The molecule has 0 fully saturated rings. The van der Waals surface area contributed by atoms with E-state index in [1.165, 1.54) is 0 Å². The van der Waals surface area contributed by atoms with Crippen LogP contribution in [0.4, 0.5) is 4.79 Å². The first kappa shape index (κ1) is 18.0. The summed E-state index contributed by atoms with van der Waals surface area (Å²) in [5.74, 6) is -0.512. The molecule has 5 heteroatoms. The Morgan fingerprint density at radius 1 is 1.18 bits per heavy atom. The number of alkyl carbamates (subject to hydrolysis) is 1. The Morgan fingerprint density at radius 3 is 2.27 bits per heavy atom. The highest BCUT2D eigenvalue weighted by Gasteiger charge is 2.28. The van der Waals surface area contributed by atoms with Crippen LogP contribution in [0.5, 0.6) is 0 Å². The minimum Gasteiger partial charge on any atom is -0.444 e. The molecule has 0 spiro atoms. The number of rotatable bonds is 5. The molecule has 0 radical (unpaired) electrons. The summed E-state index contributed by atoms with van der Waals surface area (Å²) < 4.78 is 5.30. The Bertz CT molecular complexity index is 494. The summed E-state index contributed by atoms with van der Waals surface area (Å²) in [6.45, 7) is 9.62. The van der Waals surface area contributed by atoms with Crippen molar-refractivity contribution < 1.29 is 14.3 Å². The van der Waals surface area contributed by atoms with Crippen LogP contribution in [0.1, 0.15) is 46.2 Å². The summed E-state index contributed by atoms with van der Waals surface area (Å²) in [5.41, 5.74) is 0.285. The minimum atomic E-state index is -0.583. The summed E-state index contributed by atoms with van der Waals surface area (Å²) in [6.07, 6.45) is -0.530. The molecule has 2 amide bonds. The van der Waals surface area contributed by atoms with Gasteiger partial charge in [-0.15, -0.1) is 0 Å². The molecule has 1 aromatic rings. The molecule has 0 saturated heterocycles. The van der Waals surface area contributed by atoms with Gasteiger partial charge < -0.3 is 15.4 Å². The Morgan fingerprint density at radius 2 is 1.77 bits per heavy atom. The smallest absolute Gasteiger partial charge is 0.408 e. The quantitative estimate of drug-likeness (QED) is 0.878. The number of amides is 2. The lowest BCUT2D eigenvalue weighted by Gasteiger charge is -2.27. The lowest BCUT2D eigenvalue weighted by molar-refractivity contribution is -0.125. The maximum atomic E-state index is 12.1. The highest BCUT2D eigenvalue weighted by Crippen LogP contribution is 2.23. The van der Waals surface area contributed by atoms with Gasteiger partial charge in [0.1, 0.15) is 5.60 Å². The van der Waals surface area contributed by atoms with Gasteiger partial charge in [-0.05, 0) is 33.3 Å². The highest BCUT2D eigenvalue weighted by molar-refractivity contribution is 5.80. The second-order valence-corrected chi connectivity index (χ2v) is 6.22. The van der Waals surface area contributed by atoms with E-state index in [4.69, 9.17) is 4.74 Å². The van der Waals surface area contributed by atoms with Crippen LogP contribution >= 0.6 is 0 Å². The first-order chi connectivity index (χ1) is 10.2. The fourth-order valence-corrected chi connectivity index (χ4v) is 2.08. The fourth-order valence-electron chi connectivity index (χ4n) is 2.08. The molecule has 0 heterocycles. The predicted molar refractivity (Wildman–Crippen MR) is 86.4 cm³/mol. The number of carbonyl (C=O) groups excluding carboxylic acids is 2. The minimum absolute atomic E-state index is 0.104. The number of nitrogens with one attached hydrogen (secondary N) is 2. The van der Waals surface area contributed by atoms with Crippen LogP contribution in [0.15, 0.2) is 30.3 Å². The van der Waals surface area contributed by atoms with E-state index in [2.05, 4.69) is 10.6 Å². The molecule has 22 heavy (non-hydrogen) atoms. The van der Waals surface area contributed by atoms with Gasteiger partial charge in [-0.3, -0.25) is 4.79 Å². The maximum Gasteiger partial charge on any atom is 0.408 e. The molecule has 2 N–H and O–H groups in total. The van der Waals surface area contributed by atoms with Crippen LogP contribution in [0.3, 0.4) is 0 Å². The van der Waals surface area contributed by atoms with E-state index in [0.717, 1.165) is 5.56 Å². The van der Waals surface area contributed by atoms with E-state index in [-0.39, 0.29) is 5.91 Å². The third kappa shape index (κ3) is 5.76. The monoisotopic (exact) mass is 306 g/mol. The van der Waals surface area contributed by atoms with E-state index >= 15 is 0 Å². The summed E-state index contributed by atoms with van der Waals surface area (Å²) in [4.78, 5) is 24.2. The summed E-state index contributed by atoms with van der Waals surface area (Å²) in [6, 6.07) is 8.98. The Kier molecular flexibility index (Phi) is 6.40. The van der Waals surface area contributed by atoms with Gasteiger partial charge in [0.15, 0.2) is 0 Å². The molecule has 5 nitrogen and oxygen atoms in total. The van der Waals surface area contributed by atoms with Crippen LogP contribution in [0.25, 0.3) is 0 Å². The molecule has 0 aliphatic carbocycles. The summed E-state index contributed by atoms with van der Waals surface area (Å²) in [7, 11) is 0. The van der Waals surface area contributed by atoms with Crippen LogP contribution in [0, 0.1) is 5.92 Å². The third-order valence-corrected chi connectivity index (χ3v) is 3.10. The van der Waals surface area contributed by atoms with Crippen molar-refractivity contribution in [1.82, 2.24) is 10.6 Å². The summed E-state index contributed by atoms with van der Waals surface area (Å²) in [5, 5.41) is 5.59. The standard InChI is InChI=1S/C17H26N2O3/c1-6-18-15(20)12(2)14(13-10-8-7-9-11-13)19-16(21)22-17(3,4)5/h7-12,14H,6H2,1-5H3,(H,18,20)(H,19,21)/t12-,14-/m1/s1. The lowest BCUT2D eigenvalue weighted by atomic mass is 9.94. The molecule has 0 aromatic heterocycles. The largest absolute Gasteiger partial charge is 0.444 e. The first-order valence-electron chi connectivity index (χ1n) is 7.56. The SMILES string of the molecule is CCNC(=O)[C@H](C)[C@@H](NC(=O)OC(C)(C)C)c1ccccc1.